The Hall–Kier alpha value is -3.22. The van der Waals surface area contributed by atoms with Crippen LogP contribution in [0.15, 0.2) is 53.7 Å². The minimum Gasteiger partial charge on any atom is -0.326 e. The molecule has 128 valence electrons. The maximum Gasteiger partial charge on any atom is 0.250 e. The Bertz CT molecular complexity index is 823. The van der Waals surface area contributed by atoms with Gasteiger partial charge in [-0.15, -0.1) is 0 Å². The van der Waals surface area contributed by atoms with Crippen LogP contribution >= 0.6 is 0 Å². The molecule has 0 spiro atoms. The van der Waals surface area contributed by atoms with Gasteiger partial charge in [-0.05, 0) is 43.3 Å². The second-order valence-corrected chi connectivity index (χ2v) is 6.10. The SMILES string of the molecule is CC(=O)Nc1ccc(NC(=O)C2(C)CC(=O)N=C3C=CC=CN32)cc1. The number of anilines is 2. The van der Waals surface area contributed by atoms with Crippen molar-refractivity contribution in [3.63, 3.8) is 0 Å². The van der Waals surface area contributed by atoms with Gasteiger partial charge in [0, 0.05) is 24.5 Å². The van der Waals surface area contributed by atoms with E-state index in [1.165, 1.54) is 6.92 Å². The van der Waals surface area contributed by atoms with Gasteiger partial charge in [-0.25, -0.2) is 0 Å². The Morgan fingerprint density at radius 1 is 1.12 bits per heavy atom. The first kappa shape index (κ1) is 16.6. The molecule has 1 unspecified atom stereocenters. The fraction of sp³-hybridized carbons (Fsp3) is 0.222. The molecule has 2 heterocycles. The Balaban J connectivity index is 1.79. The van der Waals surface area contributed by atoms with Gasteiger partial charge in [0.1, 0.15) is 11.4 Å². The summed E-state index contributed by atoms with van der Waals surface area (Å²) in [6, 6.07) is 6.78. The van der Waals surface area contributed by atoms with Crippen LogP contribution in [0.1, 0.15) is 20.3 Å². The summed E-state index contributed by atoms with van der Waals surface area (Å²) in [5.74, 6) is -0.343. The van der Waals surface area contributed by atoms with Crippen molar-refractivity contribution in [3.8, 4) is 0 Å². The molecule has 2 N–H and O–H groups in total. The molecule has 7 heteroatoms. The largest absolute Gasteiger partial charge is 0.326 e. The molecule has 1 aromatic rings. The molecule has 1 aromatic carbocycles. The van der Waals surface area contributed by atoms with Gasteiger partial charge in [-0.2, -0.15) is 4.99 Å². The maximum atomic E-state index is 12.9. The van der Waals surface area contributed by atoms with E-state index in [0.717, 1.165) is 0 Å². The van der Waals surface area contributed by atoms with Crippen LogP contribution in [0.4, 0.5) is 11.4 Å². The van der Waals surface area contributed by atoms with Crippen LogP contribution in [0.3, 0.4) is 0 Å². The lowest BCUT2D eigenvalue weighted by Gasteiger charge is -2.41. The van der Waals surface area contributed by atoms with Gasteiger partial charge >= 0.3 is 0 Å². The fourth-order valence-corrected chi connectivity index (χ4v) is 2.79. The first-order valence-electron chi connectivity index (χ1n) is 7.83. The zero-order chi connectivity index (χ0) is 18.0. The van der Waals surface area contributed by atoms with Crippen molar-refractivity contribution in [1.82, 2.24) is 4.90 Å². The Kier molecular flexibility index (Phi) is 4.22. The number of aliphatic imine (C=N–C) groups is 1. The molecule has 3 rings (SSSR count). The van der Waals surface area contributed by atoms with Crippen molar-refractivity contribution in [2.45, 2.75) is 25.8 Å². The fourth-order valence-electron chi connectivity index (χ4n) is 2.79. The third-order valence-electron chi connectivity index (χ3n) is 4.06. The van der Waals surface area contributed by atoms with Crippen LogP contribution in [0.25, 0.3) is 0 Å². The van der Waals surface area contributed by atoms with E-state index in [2.05, 4.69) is 15.6 Å². The number of carbonyl (C=O) groups is 3. The zero-order valence-corrected chi connectivity index (χ0v) is 13.9. The van der Waals surface area contributed by atoms with Crippen molar-refractivity contribution >= 4 is 34.9 Å². The molecule has 1 atom stereocenters. The molecule has 0 aliphatic carbocycles. The molecule has 0 saturated carbocycles. The van der Waals surface area contributed by atoms with Gasteiger partial charge in [0.2, 0.25) is 5.91 Å². The molecule has 3 amide bonds. The first-order chi connectivity index (χ1) is 11.9. The van der Waals surface area contributed by atoms with Crippen molar-refractivity contribution in [3.05, 3.63) is 48.7 Å². The number of allylic oxidation sites excluding steroid dienone is 2. The second kappa shape index (κ2) is 6.35. The smallest absolute Gasteiger partial charge is 0.250 e. The lowest BCUT2D eigenvalue weighted by molar-refractivity contribution is -0.130. The van der Waals surface area contributed by atoms with E-state index >= 15 is 0 Å². The van der Waals surface area contributed by atoms with E-state index in [4.69, 9.17) is 0 Å². The molecule has 2 aliphatic rings. The predicted octanol–water partition coefficient (Wildman–Crippen LogP) is 2.06. The van der Waals surface area contributed by atoms with E-state index < -0.39 is 5.54 Å². The third kappa shape index (κ3) is 3.35. The first-order valence-corrected chi connectivity index (χ1v) is 7.83. The van der Waals surface area contributed by atoms with Gasteiger partial charge in [0.25, 0.3) is 11.8 Å². The van der Waals surface area contributed by atoms with Gasteiger partial charge in [0.05, 0.1) is 6.42 Å². The van der Waals surface area contributed by atoms with Crippen molar-refractivity contribution in [2.24, 2.45) is 4.99 Å². The quantitative estimate of drug-likeness (QED) is 0.882. The number of nitrogens with one attached hydrogen (secondary N) is 2. The summed E-state index contributed by atoms with van der Waals surface area (Å²) in [5.41, 5.74) is 0.155. The highest BCUT2D eigenvalue weighted by atomic mass is 16.2. The Morgan fingerprint density at radius 2 is 1.76 bits per heavy atom. The topological polar surface area (TPSA) is 90.9 Å². The van der Waals surface area contributed by atoms with E-state index in [1.54, 1.807) is 60.5 Å². The van der Waals surface area contributed by atoms with Crippen molar-refractivity contribution in [1.29, 1.82) is 0 Å². The predicted molar refractivity (Wildman–Crippen MR) is 95.0 cm³/mol. The number of hydrogen-bond donors (Lipinski definition) is 2. The van der Waals surface area contributed by atoms with Crippen molar-refractivity contribution in [2.75, 3.05) is 10.6 Å². The summed E-state index contributed by atoms with van der Waals surface area (Å²) < 4.78 is 0. The number of carbonyl (C=O) groups excluding carboxylic acids is 3. The summed E-state index contributed by atoms with van der Waals surface area (Å²) >= 11 is 0. The van der Waals surface area contributed by atoms with Crippen molar-refractivity contribution < 1.29 is 14.4 Å². The third-order valence-corrected chi connectivity index (χ3v) is 4.06. The molecule has 25 heavy (non-hydrogen) atoms. The number of nitrogens with zero attached hydrogens (tertiary/aromatic N) is 2. The minimum atomic E-state index is -1.06. The molecule has 2 aliphatic heterocycles. The van der Waals surface area contributed by atoms with Crippen LogP contribution < -0.4 is 10.6 Å². The van der Waals surface area contributed by atoms with Crippen LogP contribution in [-0.2, 0) is 14.4 Å². The molecule has 0 bridgehead atoms. The van der Waals surface area contributed by atoms with Gasteiger partial charge < -0.3 is 15.5 Å². The Morgan fingerprint density at radius 3 is 2.40 bits per heavy atom. The maximum absolute atomic E-state index is 12.9. The molecule has 0 radical (unpaired) electrons. The molecule has 0 aromatic heterocycles. The molecular weight excluding hydrogens is 320 g/mol. The van der Waals surface area contributed by atoms with Gasteiger partial charge in [0.15, 0.2) is 0 Å². The highest BCUT2D eigenvalue weighted by Crippen LogP contribution is 2.29. The van der Waals surface area contributed by atoms with Crippen LogP contribution in [0.5, 0.6) is 0 Å². The average molecular weight is 338 g/mol. The second-order valence-electron chi connectivity index (χ2n) is 6.10. The number of hydrogen-bond acceptors (Lipinski definition) is 4. The zero-order valence-electron chi connectivity index (χ0n) is 13.9. The molecule has 0 saturated heterocycles. The number of amides is 3. The summed E-state index contributed by atoms with van der Waals surface area (Å²) in [4.78, 5) is 41.5. The molecule has 0 fully saturated rings. The van der Waals surface area contributed by atoms with Crippen LogP contribution in [0, 0.1) is 0 Å². The normalized spacial score (nSPS) is 21.4. The highest BCUT2D eigenvalue weighted by Gasteiger charge is 2.45. The number of benzene rings is 1. The summed E-state index contributed by atoms with van der Waals surface area (Å²) in [6.07, 6.45) is 7.00. The molecular formula is C18H18N4O3. The van der Waals surface area contributed by atoms with E-state index in [1.807, 2.05) is 0 Å². The summed E-state index contributed by atoms with van der Waals surface area (Å²) in [7, 11) is 0. The van der Waals surface area contributed by atoms with Crippen LogP contribution in [-0.4, -0.2) is 34.0 Å². The van der Waals surface area contributed by atoms with Gasteiger partial charge in [-0.3, -0.25) is 14.4 Å². The Labute approximate surface area is 145 Å². The summed E-state index contributed by atoms with van der Waals surface area (Å²) in [6.45, 7) is 3.14. The highest BCUT2D eigenvalue weighted by molar-refractivity contribution is 6.11. The van der Waals surface area contributed by atoms with E-state index in [0.29, 0.717) is 17.2 Å². The lowest BCUT2D eigenvalue weighted by atomic mass is 9.91. The van der Waals surface area contributed by atoms with E-state index in [9.17, 15) is 14.4 Å². The summed E-state index contributed by atoms with van der Waals surface area (Å²) in [5, 5.41) is 5.49. The standard InChI is InChI=1S/C18H18N4O3/c1-12(23)19-13-6-8-14(9-7-13)20-17(25)18(2)11-16(24)21-15-5-3-4-10-22(15)18/h3-10H,11H2,1-2H3,(H,19,23)(H,20,25). The lowest BCUT2D eigenvalue weighted by Crippen LogP contribution is -2.58. The average Bonchev–Trinajstić information content (AvgIpc) is 2.56. The number of fused-ring (bicyclic) bond motifs is 1. The molecule has 7 nitrogen and oxygen atoms in total. The van der Waals surface area contributed by atoms with Crippen LogP contribution in [0.2, 0.25) is 0 Å². The number of rotatable bonds is 3. The number of amidine groups is 1. The minimum absolute atomic E-state index is 0.00944. The van der Waals surface area contributed by atoms with E-state index in [-0.39, 0.29) is 24.1 Å². The van der Waals surface area contributed by atoms with Gasteiger partial charge in [-0.1, -0.05) is 6.08 Å². The monoisotopic (exact) mass is 338 g/mol.